The minimum Gasteiger partial charge on any atom is -0.463 e. The van der Waals surface area contributed by atoms with Gasteiger partial charge in [0.1, 0.15) is 17.1 Å². The highest BCUT2D eigenvalue weighted by Gasteiger charge is 2.44. The van der Waals surface area contributed by atoms with Gasteiger partial charge in [-0.2, -0.15) is 0 Å². The van der Waals surface area contributed by atoms with Crippen LogP contribution >= 0.6 is 0 Å². The van der Waals surface area contributed by atoms with Crippen molar-refractivity contribution < 1.29 is 9.52 Å². The van der Waals surface area contributed by atoms with Gasteiger partial charge in [-0.1, -0.05) is 20.8 Å². The molecule has 3 heteroatoms. The Hall–Kier alpha value is -0.800. The lowest BCUT2D eigenvalue weighted by Crippen LogP contribution is -2.43. The second-order valence-electron chi connectivity index (χ2n) is 4.96. The van der Waals surface area contributed by atoms with Crippen molar-refractivity contribution in [2.75, 3.05) is 6.61 Å². The first-order chi connectivity index (χ1) is 6.99. The predicted molar refractivity (Wildman–Crippen MR) is 58.6 cm³/mol. The fourth-order valence-corrected chi connectivity index (χ4v) is 2.24. The van der Waals surface area contributed by atoms with Crippen LogP contribution in [0.2, 0.25) is 0 Å². The monoisotopic (exact) mass is 209 g/mol. The molecule has 0 aromatic carbocycles. The molecule has 3 N–H and O–H groups in total. The van der Waals surface area contributed by atoms with Gasteiger partial charge in [-0.3, -0.25) is 0 Å². The summed E-state index contributed by atoms with van der Waals surface area (Å²) in [6, 6.07) is 2.08. The number of hydrogen-bond acceptors (Lipinski definition) is 3. The van der Waals surface area contributed by atoms with E-state index in [0.717, 1.165) is 17.9 Å². The largest absolute Gasteiger partial charge is 0.463 e. The highest BCUT2D eigenvalue weighted by atomic mass is 16.3. The van der Waals surface area contributed by atoms with Gasteiger partial charge in [-0.15, -0.1) is 0 Å². The van der Waals surface area contributed by atoms with Crippen LogP contribution in [0.15, 0.2) is 10.5 Å². The van der Waals surface area contributed by atoms with Crippen molar-refractivity contribution in [3.8, 4) is 0 Å². The Bertz CT molecular complexity index is 370. The Labute approximate surface area is 90.3 Å². The molecule has 0 aliphatic heterocycles. The predicted octanol–water partition coefficient (Wildman–Crippen LogP) is 1.74. The molecule has 2 rings (SSSR count). The third-order valence-electron chi connectivity index (χ3n) is 3.49. The number of rotatable bonds is 2. The van der Waals surface area contributed by atoms with Gasteiger partial charge in [-0.25, -0.2) is 0 Å². The number of nitrogens with two attached hydrogens (primary N) is 1. The van der Waals surface area contributed by atoms with Crippen molar-refractivity contribution in [1.29, 1.82) is 0 Å². The molecule has 84 valence electrons. The third-order valence-corrected chi connectivity index (χ3v) is 3.49. The molecule has 1 aliphatic carbocycles. The van der Waals surface area contributed by atoms with E-state index < -0.39 is 5.54 Å². The van der Waals surface area contributed by atoms with E-state index in [0.29, 0.717) is 5.92 Å². The molecule has 3 nitrogen and oxygen atoms in total. The first-order valence-electron chi connectivity index (χ1n) is 5.52. The number of fused-ring (bicyclic) bond motifs is 1. The highest BCUT2D eigenvalue weighted by Crippen LogP contribution is 2.41. The molecular weight excluding hydrogens is 190 g/mol. The molecule has 1 aromatic heterocycles. The van der Waals surface area contributed by atoms with Crippen molar-refractivity contribution in [3.63, 3.8) is 0 Å². The standard InChI is InChI=1S/C12H19NO2/c1-7(2)10-5-9-4-8(3)12(13,6-14)11(9)15-10/h5,7-8,14H,4,6,13H2,1-3H3. The molecule has 0 fully saturated rings. The number of hydrogen-bond donors (Lipinski definition) is 2. The summed E-state index contributed by atoms with van der Waals surface area (Å²) in [6.45, 7) is 6.19. The minimum atomic E-state index is -0.678. The van der Waals surface area contributed by atoms with E-state index in [1.807, 2.05) is 0 Å². The summed E-state index contributed by atoms with van der Waals surface area (Å²) in [7, 11) is 0. The maximum Gasteiger partial charge on any atom is 0.129 e. The fraction of sp³-hybridized carbons (Fsp3) is 0.667. The van der Waals surface area contributed by atoms with Crippen molar-refractivity contribution in [2.45, 2.75) is 38.6 Å². The lowest BCUT2D eigenvalue weighted by Gasteiger charge is -2.25. The van der Waals surface area contributed by atoms with E-state index in [4.69, 9.17) is 10.2 Å². The van der Waals surface area contributed by atoms with Gasteiger partial charge < -0.3 is 15.3 Å². The normalized spacial score (nSPS) is 29.9. The molecule has 2 unspecified atom stereocenters. The van der Waals surface area contributed by atoms with Crippen molar-refractivity contribution in [1.82, 2.24) is 0 Å². The zero-order chi connectivity index (χ0) is 11.2. The summed E-state index contributed by atoms with van der Waals surface area (Å²) in [6.07, 6.45) is 0.905. The van der Waals surface area contributed by atoms with E-state index in [-0.39, 0.29) is 12.5 Å². The van der Waals surface area contributed by atoms with Gasteiger partial charge in [0.15, 0.2) is 0 Å². The van der Waals surface area contributed by atoms with Crippen LogP contribution in [-0.4, -0.2) is 11.7 Å². The summed E-state index contributed by atoms with van der Waals surface area (Å²) in [5, 5.41) is 9.41. The Kier molecular flexibility index (Phi) is 2.40. The van der Waals surface area contributed by atoms with Crippen LogP contribution in [0.3, 0.4) is 0 Å². The van der Waals surface area contributed by atoms with E-state index >= 15 is 0 Å². The number of furan rings is 1. The molecule has 0 radical (unpaired) electrons. The van der Waals surface area contributed by atoms with Gasteiger partial charge in [0, 0.05) is 5.92 Å². The fourth-order valence-electron chi connectivity index (χ4n) is 2.24. The minimum absolute atomic E-state index is 0.0494. The van der Waals surface area contributed by atoms with Crippen LogP contribution < -0.4 is 5.73 Å². The van der Waals surface area contributed by atoms with Gasteiger partial charge in [-0.05, 0) is 24.0 Å². The van der Waals surface area contributed by atoms with Gasteiger partial charge in [0.25, 0.3) is 0 Å². The van der Waals surface area contributed by atoms with Gasteiger partial charge >= 0.3 is 0 Å². The Morgan fingerprint density at radius 2 is 2.33 bits per heavy atom. The van der Waals surface area contributed by atoms with E-state index in [9.17, 15) is 5.11 Å². The summed E-state index contributed by atoms with van der Waals surface area (Å²) >= 11 is 0. The van der Waals surface area contributed by atoms with Crippen LogP contribution in [0, 0.1) is 5.92 Å². The molecule has 0 saturated heterocycles. The summed E-state index contributed by atoms with van der Waals surface area (Å²) in [5.74, 6) is 2.38. The average molecular weight is 209 g/mol. The van der Waals surface area contributed by atoms with Crippen molar-refractivity contribution in [3.05, 3.63) is 23.2 Å². The van der Waals surface area contributed by atoms with Gasteiger partial charge in [0.05, 0.1) is 6.61 Å². The lowest BCUT2D eigenvalue weighted by atomic mass is 9.90. The maximum absolute atomic E-state index is 9.41. The first kappa shape index (κ1) is 10.7. The van der Waals surface area contributed by atoms with E-state index in [2.05, 4.69) is 26.8 Å². The molecule has 0 spiro atoms. The van der Waals surface area contributed by atoms with Crippen LogP contribution in [0.1, 0.15) is 43.8 Å². The third kappa shape index (κ3) is 1.42. The van der Waals surface area contributed by atoms with Crippen LogP contribution in [0.4, 0.5) is 0 Å². The molecule has 1 aromatic rings. The molecule has 0 bridgehead atoms. The molecule has 1 heterocycles. The molecule has 2 atom stereocenters. The lowest BCUT2D eigenvalue weighted by molar-refractivity contribution is 0.137. The number of aliphatic hydroxyl groups excluding tert-OH is 1. The SMILES string of the molecule is CC(C)c1cc2c(o1)C(N)(CO)C(C)C2. The summed E-state index contributed by atoms with van der Waals surface area (Å²) in [4.78, 5) is 0. The van der Waals surface area contributed by atoms with Crippen molar-refractivity contribution in [2.24, 2.45) is 11.7 Å². The smallest absolute Gasteiger partial charge is 0.129 e. The van der Waals surface area contributed by atoms with E-state index in [1.54, 1.807) is 0 Å². The van der Waals surface area contributed by atoms with Crippen LogP contribution in [-0.2, 0) is 12.0 Å². The zero-order valence-electron chi connectivity index (χ0n) is 9.58. The topological polar surface area (TPSA) is 59.4 Å². The second-order valence-corrected chi connectivity index (χ2v) is 4.96. The second kappa shape index (κ2) is 3.35. The average Bonchev–Trinajstić information content (AvgIpc) is 2.68. The van der Waals surface area contributed by atoms with Crippen molar-refractivity contribution >= 4 is 0 Å². The maximum atomic E-state index is 9.41. The van der Waals surface area contributed by atoms with E-state index in [1.165, 1.54) is 5.56 Å². The molecular formula is C12H19NO2. The zero-order valence-corrected chi connectivity index (χ0v) is 9.58. The first-order valence-corrected chi connectivity index (χ1v) is 5.52. The van der Waals surface area contributed by atoms with Gasteiger partial charge in [0.2, 0.25) is 0 Å². The number of aliphatic hydroxyl groups is 1. The molecule has 1 aliphatic rings. The molecule has 15 heavy (non-hydrogen) atoms. The van der Waals surface area contributed by atoms with Crippen LogP contribution in [0.5, 0.6) is 0 Å². The Balaban J connectivity index is 2.44. The quantitative estimate of drug-likeness (QED) is 0.780. The summed E-state index contributed by atoms with van der Waals surface area (Å²) < 4.78 is 5.78. The summed E-state index contributed by atoms with van der Waals surface area (Å²) in [5.41, 5.74) is 6.67. The molecule has 0 amide bonds. The Morgan fingerprint density at radius 1 is 1.67 bits per heavy atom. The highest BCUT2D eigenvalue weighted by molar-refractivity contribution is 5.35. The molecule has 0 saturated carbocycles. The Morgan fingerprint density at radius 3 is 2.87 bits per heavy atom. The van der Waals surface area contributed by atoms with Crippen LogP contribution in [0.25, 0.3) is 0 Å².